The minimum atomic E-state index is -0.959. The molecule has 192 valence electrons. The minimum absolute atomic E-state index is 0.110. The maximum absolute atomic E-state index is 14.0. The van der Waals surface area contributed by atoms with Gasteiger partial charge in [-0.25, -0.2) is 13.6 Å². The SMILES string of the molecule is Cc1ccc(C(=O)C[N+]23CCC(CC2)[C@@H](NC(=O)OC(c2cccc(F)c2)c2cccc(F)c2)C3)cc1. The van der Waals surface area contributed by atoms with E-state index in [0.29, 0.717) is 40.2 Å². The van der Waals surface area contributed by atoms with E-state index in [2.05, 4.69) is 5.32 Å². The van der Waals surface area contributed by atoms with Gasteiger partial charge in [0.25, 0.3) is 0 Å². The maximum atomic E-state index is 14.0. The zero-order chi connectivity index (χ0) is 26.0. The van der Waals surface area contributed by atoms with Gasteiger partial charge in [0.1, 0.15) is 18.2 Å². The second-order valence-electron chi connectivity index (χ2n) is 10.4. The average molecular weight is 506 g/mol. The largest absolute Gasteiger partial charge is 0.436 e. The van der Waals surface area contributed by atoms with Gasteiger partial charge in [0.2, 0.25) is 5.78 Å². The molecule has 0 unspecified atom stereocenters. The number of fused-ring (bicyclic) bond motifs is 3. The monoisotopic (exact) mass is 505 g/mol. The molecule has 1 amide bonds. The molecule has 5 nitrogen and oxygen atoms in total. The molecule has 3 aliphatic heterocycles. The zero-order valence-electron chi connectivity index (χ0n) is 20.8. The van der Waals surface area contributed by atoms with Crippen molar-refractivity contribution in [3.05, 3.63) is 107 Å². The fourth-order valence-electron chi connectivity index (χ4n) is 5.77. The summed E-state index contributed by atoms with van der Waals surface area (Å²) in [4.78, 5) is 26.2. The molecule has 3 heterocycles. The molecule has 3 saturated heterocycles. The lowest BCUT2D eigenvalue weighted by Crippen LogP contribution is -2.68. The number of amides is 1. The highest BCUT2D eigenvalue weighted by atomic mass is 19.1. The standard InChI is InChI=1S/C30H30F2N2O3/c1-20-8-10-22(11-9-20)28(35)19-34-14-12-21(13-15-34)27(18-34)33-30(36)37-29(23-4-2-6-25(31)16-23)24-5-3-7-26(32)17-24/h2-11,16-17,21,27,29H,12-15,18-19H2,1H3/p+1/t21?,27-,34?/m0/s1. The van der Waals surface area contributed by atoms with Gasteiger partial charge < -0.3 is 14.5 Å². The first-order valence-corrected chi connectivity index (χ1v) is 12.7. The summed E-state index contributed by atoms with van der Waals surface area (Å²) in [6.07, 6.45) is 0.242. The number of piperidine rings is 3. The highest BCUT2D eigenvalue weighted by Crippen LogP contribution is 2.35. The summed E-state index contributed by atoms with van der Waals surface area (Å²) < 4.78 is 34.4. The molecule has 0 aromatic heterocycles. The van der Waals surface area contributed by atoms with Crippen LogP contribution in [0, 0.1) is 24.5 Å². The van der Waals surface area contributed by atoms with Gasteiger partial charge in [0, 0.05) is 18.4 Å². The van der Waals surface area contributed by atoms with Crippen LogP contribution >= 0.6 is 0 Å². The third-order valence-corrected chi connectivity index (χ3v) is 7.79. The second-order valence-corrected chi connectivity index (χ2v) is 10.4. The fraction of sp³-hybridized carbons (Fsp3) is 0.333. The number of quaternary nitrogens is 1. The van der Waals surface area contributed by atoms with Crippen LogP contribution in [0.3, 0.4) is 0 Å². The number of hydrogen-bond donors (Lipinski definition) is 1. The number of ketones is 1. The molecule has 3 fully saturated rings. The van der Waals surface area contributed by atoms with Gasteiger partial charge in [-0.15, -0.1) is 0 Å². The van der Waals surface area contributed by atoms with Crippen molar-refractivity contribution < 1.29 is 27.6 Å². The summed E-state index contributed by atoms with van der Waals surface area (Å²) in [6, 6.07) is 19.1. The van der Waals surface area contributed by atoms with E-state index >= 15 is 0 Å². The maximum Gasteiger partial charge on any atom is 0.408 e. The molecule has 3 aromatic rings. The van der Waals surface area contributed by atoms with Crippen LogP contribution in [-0.4, -0.2) is 48.6 Å². The Bertz CT molecular complexity index is 1240. The van der Waals surface area contributed by atoms with Crippen LogP contribution in [0.15, 0.2) is 72.8 Å². The van der Waals surface area contributed by atoms with Gasteiger partial charge in [0.15, 0.2) is 6.10 Å². The Morgan fingerprint density at radius 1 is 0.946 bits per heavy atom. The summed E-state index contributed by atoms with van der Waals surface area (Å²) in [5.41, 5.74) is 2.66. The van der Waals surface area contributed by atoms with Crippen molar-refractivity contribution in [3.63, 3.8) is 0 Å². The van der Waals surface area contributed by atoms with Crippen LogP contribution < -0.4 is 5.32 Å². The van der Waals surface area contributed by atoms with Gasteiger partial charge in [-0.1, -0.05) is 54.1 Å². The number of carbonyl (C=O) groups excluding carboxylic acids is 2. The van der Waals surface area contributed by atoms with Gasteiger partial charge in [-0.3, -0.25) is 4.79 Å². The van der Waals surface area contributed by atoms with Crippen LogP contribution in [0.4, 0.5) is 13.6 Å². The predicted octanol–water partition coefficient (Wildman–Crippen LogP) is 5.58. The molecule has 2 bridgehead atoms. The summed E-state index contributed by atoms with van der Waals surface area (Å²) in [7, 11) is 0. The van der Waals surface area contributed by atoms with Gasteiger partial charge in [-0.05, 0) is 48.2 Å². The number of rotatable bonds is 7. The fourth-order valence-corrected chi connectivity index (χ4v) is 5.77. The molecule has 7 heteroatoms. The third-order valence-electron chi connectivity index (χ3n) is 7.79. The van der Waals surface area contributed by atoms with Crippen molar-refractivity contribution in [1.29, 1.82) is 0 Å². The Kier molecular flexibility index (Phi) is 7.07. The molecule has 0 radical (unpaired) electrons. The Hall–Kier alpha value is -3.58. The Morgan fingerprint density at radius 3 is 2.11 bits per heavy atom. The molecule has 37 heavy (non-hydrogen) atoms. The summed E-state index contributed by atoms with van der Waals surface area (Å²) >= 11 is 0. The van der Waals surface area contributed by atoms with E-state index < -0.39 is 23.8 Å². The molecule has 0 spiro atoms. The summed E-state index contributed by atoms with van der Waals surface area (Å²) in [5.74, 6) is -0.516. The predicted molar refractivity (Wildman–Crippen MR) is 136 cm³/mol. The molecule has 0 saturated carbocycles. The van der Waals surface area contributed by atoms with Gasteiger partial charge in [-0.2, -0.15) is 0 Å². The molecule has 3 aliphatic rings. The van der Waals surface area contributed by atoms with Crippen molar-refractivity contribution in [2.24, 2.45) is 5.92 Å². The zero-order valence-corrected chi connectivity index (χ0v) is 20.8. The third kappa shape index (κ3) is 5.72. The number of carbonyl (C=O) groups is 2. The van der Waals surface area contributed by atoms with E-state index in [-0.39, 0.29) is 11.8 Å². The Labute approximate surface area is 215 Å². The van der Waals surface area contributed by atoms with Crippen molar-refractivity contribution in [2.75, 3.05) is 26.2 Å². The lowest BCUT2D eigenvalue weighted by atomic mass is 9.81. The lowest BCUT2D eigenvalue weighted by molar-refractivity contribution is -0.936. The van der Waals surface area contributed by atoms with E-state index in [1.54, 1.807) is 12.1 Å². The topological polar surface area (TPSA) is 55.4 Å². The summed E-state index contributed by atoms with van der Waals surface area (Å²) in [6.45, 7) is 4.86. The van der Waals surface area contributed by atoms with E-state index in [1.165, 1.54) is 36.4 Å². The Balaban J connectivity index is 1.29. The quantitative estimate of drug-likeness (QED) is 0.337. The van der Waals surface area contributed by atoms with Crippen molar-refractivity contribution in [2.45, 2.75) is 31.9 Å². The lowest BCUT2D eigenvalue weighted by Gasteiger charge is -2.52. The smallest absolute Gasteiger partial charge is 0.408 e. The van der Waals surface area contributed by atoms with Crippen molar-refractivity contribution >= 4 is 11.9 Å². The first-order chi connectivity index (χ1) is 17.8. The van der Waals surface area contributed by atoms with E-state index in [1.807, 2.05) is 31.2 Å². The summed E-state index contributed by atoms with van der Waals surface area (Å²) in [5, 5.41) is 3.02. The molecule has 3 aromatic carbocycles. The first-order valence-electron chi connectivity index (χ1n) is 12.7. The Morgan fingerprint density at radius 2 is 1.54 bits per heavy atom. The number of Topliss-reactive ketones (excluding diaryl/α,β-unsaturated/α-hetero) is 1. The van der Waals surface area contributed by atoms with Crippen LogP contribution in [0.25, 0.3) is 0 Å². The highest BCUT2D eigenvalue weighted by molar-refractivity contribution is 5.97. The number of alkyl carbamates (subject to hydrolysis) is 1. The molecular weight excluding hydrogens is 474 g/mol. The van der Waals surface area contributed by atoms with E-state index in [0.717, 1.165) is 31.5 Å². The van der Waals surface area contributed by atoms with Gasteiger partial charge >= 0.3 is 6.09 Å². The van der Waals surface area contributed by atoms with Crippen molar-refractivity contribution in [1.82, 2.24) is 5.32 Å². The molecule has 6 rings (SSSR count). The van der Waals surface area contributed by atoms with Crippen LogP contribution in [0.1, 0.15) is 46.0 Å². The number of hydrogen-bond acceptors (Lipinski definition) is 3. The van der Waals surface area contributed by atoms with Crippen LogP contribution in [-0.2, 0) is 4.74 Å². The number of nitrogens with zero attached hydrogens (tertiary/aromatic N) is 1. The minimum Gasteiger partial charge on any atom is -0.436 e. The number of nitrogens with one attached hydrogen (secondary N) is 1. The van der Waals surface area contributed by atoms with Crippen molar-refractivity contribution in [3.8, 4) is 0 Å². The second kappa shape index (κ2) is 10.4. The number of benzene rings is 3. The van der Waals surface area contributed by atoms with E-state index in [4.69, 9.17) is 4.74 Å². The highest BCUT2D eigenvalue weighted by Gasteiger charge is 2.47. The molecule has 0 aliphatic carbocycles. The molecule has 1 N–H and O–H groups in total. The number of aryl methyl sites for hydroxylation is 1. The molecule has 1 atom stereocenters. The van der Waals surface area contributed by atoms with Gasteiger partial charge in [0.05, 0.1) is 25.7 Å². The first kappa shape index (κ1) is 25.1. The average Bonchev–Trinajstić information content (AvgIpc) is 2.88. The number of ether oxygens (including phenoxy) is 1. The number of halogens is 2. The van der Waals surface area contributed by atoms with E-state index in [9.17, 15) is 18.4 Å². The van der Waals surface area contributed by atoms with Crippen LogP contribution in [0.5, 0.6) is 0 Å². The van der Waals surface area contributed by atoms with Crippen LogP contribution in [0.2, 0.25) is 0 Å². The normalized spacial score (nSPS) is 22.6. The molecular formula is C30H31F2N2O3+.